The molecule has 1 aliphatic heterocycles. The number of carbonyl (C=O) groups is 1. The average Bonchev–Trinajstić information content (AvgIpc) is 2.94. The van der Waals surface area contributed by atoms with Crippen molar-refractivity contribution in [3.05, 3.63) is 75.7 Å². The Hall–Kier alpha value is -2.24. The first-order chi connectivity index (χ1) is 12.6. The van der Waals surface area contributed by atoms with E-state index in [0.717, 1.165) is 24.0 Å². The first-order valence-electron chi connectivity index (χ1n) is 8.60. The number of thiocarbonyl (C=S) groups is 1. The smallest absolute Gasteiger partial charge is 0.266 e. The van der Waals surface area contributed by atoms with Gasteiger partial charge < -0.3 is 0 Å². The largest absolute Gasteiger partial charge is 0.286 e. The number of hydrogen-bond acceptors (Lipinski definition) is 4. The molecule has 1 aliphatic rings. The van der Waals surface area contributed by atoms with Gasteiger partial charge in [-0.1, -0.05) is 74.1 Å². The molecule has 0 N–H and O–H groups in total. The molecule has 0 saturated carbocycles. The monoisotopic (exact) mass is 380 g/mol. The third kappa shape index (κ3) is 4.29. The van der Waals surface area contributed by atoms with E-state index in [0.29, 0.717) is 9.23 Å². The number of thioether (sulfide) groups is 1. The second-order valence-corrected chi connectivity index (χ2v) is 7.60. The predicted molar refractivity (Wildman–Crippen MR) is 114 cm³/mol. The van der Waals surface area contributed by atoms with E-state index in [9.17, 15) is 4.79 Å². The van der Waals surface area contributed by atoms with Crippen molar-refractivity contribution >= 4 is 46.5 Å². The van der Waals surface area contributed by atoms with Gasteiger partial charge in [0.15, 0.2) is 4.32 Å². The topological polar surface area (TPSA) is 32.7 Å². The van der Waals surface area contributed by atoms with E-state index in [1.54, 1.807) is 6.21 Å². The Bertz CT molecular complexity index is 868. The summed E-state index contributed by atoms with van der Waals surface area (Å²) in [5.74, 6) is -0.180. The van der Waals surface area contributed by atoms with Crippen LogP contribution in [-0.2, 0) is 17.6 Å². The van der Waals surface area contributed by atoms with E-state index in [1.165, 1.54) is 27.9 Å². The van der Waals surface area contributed by atoms with Crippen LogP contribution >= 0.6 is 24.0 Å². The zero-order valence-corrected chi connectivity index (χ0v) is 16.4. The van der Waals surface area contributed by atoms with Crippen LogP contribution in [-0.4, -0.2) is 21.5 Å². The molecule has 1 saturated heterocycles. The van der Waals surface area contributed by atoms with E-state index in [2.05, 4.69) is 43.2 Å². The fourth-order valence-electron chi connectivity index (χ4n) is 2.52. The highest BCUT2D eigenvalue weighted by atomic mass is 32.2. The van der Waals surface area contributed by atoms with Crippen LogP contribution in [0.5, 0.6) is 0 Å². The lowest BCUT2D eigenvalue weighted by atomic mass is 10.1. The fraction of sp³-hybridized carbons (Fsp3) is 0.190. The van der Waals surface area contributed by atoms with E-state index < -0.39 is 0 Å². The molecule has 3 nitrogen and oxygen atoms in total. The summed E-state index contributed by atoms with van der Waals surface area (Å²) in [6, 6.07) is 16.3. The van der Waals surface area contributed by atoms with Crippen LogP contribution in [0.3, 0.4) is 0 Å². The summed E-state index contributed by atoms with van der Waals surface area (Å²) in [5, 5.41) is 5.58. The third-order valence-corrected chi connectivity index (χ3v) is 5.45. The molecule has 3 rings (SSSR count). The second-order valence-electron chi connectivity index (χ2n) is 5.93. The summed E-state index contributed by atoms with van der Waals surface area (Å²) in [6.45, 7) is 4.24. The van der Waals surface area contributed by atoms with E-state index in [1.807, 2.05) is 30.3 Å². The highest BCUT2D eigenvalue weighted by Gasteiger charge is 2.31. The molecule has 2 aromatic carbocycles. The maximum Gasteiger partial charge on any atom is 0.286 e. The van der Waals surface area contributed by atoms with Crippen molar-refractivity contribution in [3.8, 4) is 0 Å². The zero-order chi connectivity index (χ0) is 18.5. The minimum absolute atomic E-state index is 0.180. The van der Waals surface area contributed by atoms with Crippen molar-refractivity contribution in [3.63, 3.8) is 0 Å². The van der Waals surface area contributed by atoms with Crippen LogP contribution in [0.1, 0.15) is 36.1 Å². The number of amides is 1. The Morgan fingerprint density at radius 1 is 0.962 bits per heavy atom. The van der Waals surface area contributed by atoms with E-state index >= 15 is 0 Å². The summed E-state index contributed by atoms with van der Waals surface area (Å²) >= 11 is 6.60. The quantitative estimate of drug-likeness (QED) is 0.413. The number of hydrazone groups is 1. The van der Waals surface area contributed by atoms with E-state index in [4.69, 9.17) is 12.2 Å². The summed E-state index contributed by atoms with van der Waals surface area (Å²) < 4.78 is 0.452. The highest BCUT2D eigenvalue weighted by Crippen LogP contribution is 2.32. The number of benzene rings is 2. The number of carbonyl (C=O) groups excluding carboxylic acids is 1. The van der Waals surface area contributed by atoms with E-state index in [-0.39, 0.29) is 5.91 Å². The van der Waals surface area contributed by atoms with Gasteiger partial charge in [-0.25, -0.2) is 0 Å². The number of aryl methyl sites for hydroxylation is 2. The maximum atomic E-state index is 12.6. The third-order valence-electron chi connectivity index (χ3n) is 4.17. The lowest BCUT2D eigenvalue weighted by Gasteiger charge is -2.06. The molecule has 0 atom stereocenters. The van der Waals surface area contributed by atoms with Crippen LogP contribution in [0.25, 0.3) is 6.08 Å². The van der Waals surface area contributed by atoms with Crippen molar-refractivity contribution in [1.82, 2.24) is 5.01 Å². The lowest BCUT2D eigenvalue weighted by Crippen LogP contribution is -2.22. The van der Waals surface area contributed by atoms with Gasteiger partial charge in [-0.15, -0.1) is 0 Å². The predicted octanol–water partition coefficient (Wildman–Crippen LogP) is 5.05. The molecule has 0 aromatic heterocycles. The Kier molecular flexibility index (Phi) is 6.01. The summed E-state index contributed by atoms with van der Waals surface area (Å²) in [4.78, 5) is 13.2. The van der Waals surface area contributed by atoms with Crippen LogP contribution in [0.4, 0.5) is 0 Å². The summed E-state index contributed by atoms with van der Waals surface area (Å²) in [5.41, 5.74) is 4.47. The molecule has 1 heterocycles. The van der Waals surface area contributed by atoms with Gasteiger partial charge in [0.25, 0.3) is 5.91 Å². The summed E-state index contributed by atoms with van der Waals surface area (Å²) in [6.07, 6.45) is 5.53. The van der Waals surface area contributed by atoms with Crippen molar-refractivity contribution in [2.24, 2.45) is 5.10 Å². The first kappa shape index (κ1) is 18.5. The Morgan fingerprint density at radius 2 is 1.50 bits per heavy atom. The maximum absolute atomic E-state index is 12.6. The fourth-order valence-corrected chi connectivity index (χ4v) is 3.70. The Labute approximate surface area is 163 Å². The van der Waals surface area contributed by atoms with Crippen molar-refractivity contribution in [2.45, 2.75) is 26.7 Å². The molecule has 0 spiro atoms. The van der Waals surface area contributed by atoms with Gasteiger partial charge in [0.1, 0.15) is 0 Å². The molecule has 1 amide bonds. The zero-order valence-electron chi connectivity index (χ0n) is 14.8. The SMILES string of the molecule is CCc1ccc(/C=N/N2C(=O)/C(=C\c3ccc(CC)cc3)SC2=S)cc1. The molecule has 132 valence electrons. The average molecular weight is 381 g/mol. The molecule has 0 aliphatic carbocycles. The molecule has 0 radical (unpaired) electrons. The normalized spacial score (nSPS) is 16.2. The minimum Gasteiger partial charge on any atom is -0.266 e. The Morgan fingerprint density at radius 3 is 2.04 bits per heavy atom. The molecule has 0 unspecified atom stereocenters. The molecule has 26 heavy (non-hydrogen) atoms. The standard InChI is InChI=1S/C21H20N2OS2/c1-3-15-5-9-17(10-6-15)13-19-20(24)23(21(25)26-19)22-14-18-11-7-16(4-2)8-12-18/h5-14H,3-4H2,1-2H3/b19-13+,22-14+. The van der Waals surface area contributed by atoms with Crippen molar-refractivity contribution < 1.29 is 4.79 Å². The number of hydrogen-bond donors (Lipinski definition) is 0. The van der Waals surface area contributed by atoms with Gasteiger partial charge in [-0.2, -0.15) is 10.1 Å². The van der Waals surface area contributed by atoms with Gasteiger partial charge >= 0.3 is 0 Å². The molecule has 5 heteroatoms. The first-order valence-corrected chi connectivity index (χ1v) is 9.83. The van der Waals surface area contributed by atoms with Crippen molar-refractivity contribution in [1.29, 1.82) is 0 Å². The molecular weight excluding hydrogens is 360 g/mol. The molecule has 1 fully saturated rings. The highest BCUT2D eigenvalue weighted by molar-refractivity contribution is 8.26. The van der Waals surface area contributed by atoms with Crippen LogP contribution < -0.4 is 0 Å². The van der Waals surface area contributed by atoms with Gasteiger partial charge in [-0.3, -0.25) is 4.79 Å². The van der Waals surface area contributed by atoms with Gasteiger partial charge in [0, 0.05) is 0 Å². The van der Waals surface area contributed by atoms with Gasteiger partial charge in [-0.05, 0) is 53.4 Å². The van der Waals surface area contributed by atoms with Gasteiger partial charge in [0.2, 0.25) is 0 Å². The second kappa shape index (κ2) is 8.43. The van der Waals surface area contributed by atoms with Crippen LogP contribution in [0, 0.1) is 0 Å². The summed E-state index contributed by atoms with van der Waals surface area (Å²) in [7, 11) is 0. The van der Waals surface area contributed by atoms with Crippen LogP contribution in [0.15, 0.2) is 58.5 Å². The van der Waals surface area contributed by atoms with Crippen molar-refractivity contribution in [2.75, 3.05) is 0 Å². The number of rotatable bonds is 5. The minimum atomic E-state index is -0.180. The van der Waals surface area contributed by atoms with Gasteiger partial charge in [0.05, 0.1) is 11.1 Å². The molecule has 0 bridgehead atoms. The van der Waals surface area contributed by atoms with Crippen LogP contribution in [0.2, 0.25) is 0 Å². The Balaban J connectivity index is 1.75. The molecule has 2 aromatic rings. The lowest BCUT2D eigenvalue weighted by molar-refractivity contribution is -0.122. The molecular formula is C21H20N2OS2. The number of nitrogens with zero attached hydrogens (tertiary/aromatic N) is 2.